The first-order valence-electron chi connectivity index (χ1n) is 28.9. The van der Waals surface area contributed by atoms with E-state index in [9.17, 15) is 19.8 Å². The minimum atomic E-state index is -0.856. The van der Waals surface area contributed by atoms with Crippen molar-refractivity contribution in [1.29, 1.82) is 0 Å². The van der Waals surface area contributed by atoms with Crippen LogP contribution in [0.5, 0.6) is 0 Å². The lowest BCUT2D eigenvalue weighted by Crippen LogP contribution is -2.45. The Balaban J connectivity index is 3.52. The van der Waals surface area contributed by atoms with E-state index in [0.29, 0.717) is 19.4 Å². The molecule has 0 spiro atoms. The number of carbonyl (C=O) groups is 2. The smallest absolute Gasteiger partial charge is 0.305 e. The van der Waals surface area contributed by atoms with Gasteiger partial charge in [-0.3, -0.25) is 9.59 Å². The Morgan fingerprint density at radius 3 is 1.21 bits per heavy atom. The van der Waals surface area contributed by atoms with Gasteiger partial charge in [0.1, 0.15) is 0 Å². The molecule has 0 bridgehead atoms. The molecule has 6 heteroatoms. The van der Waals surface area contributed by atoms with Gasteiger partial charge in [-0.2, -0.15) is 0 Å². The molecular formula is C60H111NO5. The highest BCUT2D eigenvalue weighted by molar-refractivity contribution is 5.76. The van der Waals surface area contributed by atoms with E-state index in [1.54, 1.807) is 6.08 Å². The van der Waals surface area contributed by atoms with Gasteiger partial charge >= 0.3 is 5.97 Å². The molecule has 0 aromatic carbocycles. The Hall–Kier alpha value is -2.18. The van der Waals surface area contributed by atoms with Crippen LogP contribution in [0.15, 0.2) is 48.6 Å². The second-order valence-corrected chi connectivity index (χ2v) is 19.6. The predicted octanol–water partition coefficient (Wildman–Crippen LogP) is 17.8. The predicted molar refractivity (Wildman–Crippen MR) is 287 cm³/mol. The number of esters is 1. The topological polar surface area (TPSA) is 95.9 Å². The molecule has 386 valence electrons. The van der Waals surface area contributed by atoms with Crippen LogP contribution in [0.1, 0.15) is 296 Å². The molecule has 66 heavy (non-hydrogen) atoms. The van der Waals surface area contributed by atoms with Gasteiger partial charge in [0.2, 0.25) is 5.91 Å². The lowest BCUT2D eigenvalue weighted by molar-refractivity contribution is -0.143. The molecule has 0 aromatic heterocycles. The summed E-state index contributed by atoms with van der Waals surface area (Å²) in [4.78, 5) is 24.5. The molecule has 0 fully saturated rings. The summed E-state index contributed by atoms with van der Waals surface area (Å²) in [6.07, 6.45) is 69.8. The van der Waals surface area contributed by atoms with Gasteiger partial charge < -0.3 is 20.3 Å². The number of nitrogens with one attached hydrogen (secondary N) is 1. The summed E-state index contributed by atoms with van der Waals surface area (Å²) >= 11 is 0. The molecule has 0 aromatic rings. The van der Waals surface area contributed by atoms with Gasteiger partial charge in [-0.05, 0) is 83.5 Å². The van der Waals surface area contributed by atoms with Crippen LogP contribution in [0.4, 0.5) is 0 Å². The molecule has 0 aliphatic rings. The number of aliphatic hydroxyl groups excluding tert-OH is 2. The third-order valence-electron chi connectivity index (χ3n) is 13.1. The van der Waals surface area contributed by atoms with Gasteiger partial charge in [0.25, 0.3) is 0 Å². The van der Waals surface area contributed by atoms with Crippen molar-refractivity contribution in [3.05, 3.63) is 48.6 Å². The molecule has 2 unspecified atom stereocenters. The largest absolute Gasteiger partial charge is 0.466 e. The van der Waals surface area contributed by atoms with E-state index in [-0.39, 0.29) is 18.5 Å². The maximum absolute atomic E-state index is 12.5. The van der Waals surface area contributed by atoms with Gasteiger partial charge in [0, 0.05) is 12.8 Å². The summed E-state index contributed by atoms with van der Waals surface area (Å²) in [5.74, 6) is -0.109. The number of rotatable bonds is 53. The Kier molecular flexibility index (Phi) is 53.6. The average Bonchev–Trinajstić information content (AvgIpc) is 3.32. The molecule has 0 radical (unpaired) electrons. The summed E-state index contributed by atoms with van der Waals surface area (Å²) in [6, 6.07) is -0.641. The fourth-order valence-corrected chi connectivity index (χ4v) is 8.59. The number of carbonyl (C=O) groups excluding carboxylic acids is 2. The van der Waals surface area contributed by atoms with E-state index in [4.69, 9.17) is 4.74 Å². The van der Waals surface area contributed by atoms with E-state index >= 15 is 0 Å². The molecule has 0 saturated heterocycles. The number of aliphatic hydroxyl groups is 2. The number of hydrogen-bond acceptors (Lipinski definition) is 5. The van der Waals surface area contributed by atoms with E-state index in [0.717, 1.165) is 83.5 Å². The third-order valence-corrected chi connectivity index (χ3v) is 13.1. The second kappa shape index (κ2) is 55.4. The number of ether oxygens (including phenoxy) is 1. The Labute approximate surface area is 410 Å². The van der Waals surface area contributed by atoms with Crippen molar-refractivity contribution < 1.29 is 24.5 Å². The van der Waals surface area contributed by atoms with Crippen LogP contribution in [0.3, 0.4) is 0 Å². The minimum absolute atomic E-state index is 0.0261. The zero-order valence-corrected chi connectivity index (χ0v) is 43.9. The van der Waals surface area contributed by atoms with Crippen molar-refractivity contribution in [2.45, 2.75) is 309 Å². The molecular weight excluding hydrogens is 815 g/mol. The lowest BCUT2D eigenvalue weighted by Gasteiger charge is -2.20. The van der Waals surface area contributed by atoms with Gasteiger partial charge in [-0.25, -0.2) is 0 Å². The summed E-state index contributed by atoms with van der Waals surface area (Å²) < 4.78 is 5.45. The monoisotopic (exact) mass is 926 g/mol. The van der Waals surface area contributed by atoms with Gasteiger partial charge in [-0.15, -0.1) is 0 Å². The van der Waals surface area contributed by atoms with Crippen molar-refractivity contribution in [3.8, 4) is 0 Å². The molecule has 2 atom stereocenters. The summed E-state index contributed by atoms with van der Waals surface area (Å²) in [6.45, 7) is 4.83. The van der Waals surface area contributed by atoms with Crippen LogP contribution in [0.25, 0.3) is 0 Å². The van der Waals surface area contributed by atoms with E-state index in [1.165, 1.54) is 186 Å². The molecule has 0 aliphatic heterocycles. The zero-order chi connectivity index (χ0) is 47.9. The maximum Gasteiger partial charge on any atom is 0.305 e. The quantitative estimate of drug-likeness (QED) is 0.0321. The summed E-state index contributed by atoms with van der Waals surface area (Å²) in [5.41, 5.74) is 0. The van der Waals surface area contributed by atoms with Crippen LogP contribution in [0, 0.1) is 0 Å². The summed E-state index contributed by atoms with van der Waals surface area (Å²) in [7, 11) is 0. The molecule has 0 aliphatic carbocycles. The SMILES string of the molecule is CCCC/C=C\C/C=C\CCCCCCCC(=O)OCCCCCC/C=C\CCCCCCCCCC(=O)NC(CO)C(O)/C=C/CCCCCCCCCCCCCCCCCCCC. The van der Waals surface area contributed by atoms with Crippen LogP contribution in [-0.4, -0.2) is 47.4 Å². The molecule has 3 N–H and O–H groups in total. The fraction of sp³-hybridized carbons (Fsp3) is 0.833. The average molecular weight is 927 g/mol. The molecule has 0 heterocycles. The Morgan fingerprint density at radius 2 is 0.773 bits per heavy atom. The van der Waals surface area contributed by atoms with Gasteiger partial charge in [0.05, 0.1) is 25.4 Å². The van der Waals surface area contributed by atoms with E-state index < -0.39 is 12.1 Å². The van der Waals surface area contributed by atoms with E-state index in [1.807, 2.05) is 6.08 Å². The molecule has 6 nitrogen and oxygen atoms in total. The van der Waals surface area contributed by atoms with Crippen molar-refractivity contribution in [1.82, 2.24) is 5.32 Å². The van der Waals surface area contributed by atoms with Gasteiger partial charge in [0.15, 0.2) is 0 Å². The maximum atomic E-state index is 12.5. The van der Waals surface area contributed by atoms with Crippen LogP contribution in [-0.2, 0) is 14.3 Å². The normalized spacial score (nSPS) is 13.0. The number of unbranched alkanes of at least 4 members (excludes halogenated alkanes) is 36. The van der Waals surface area contributed by atoms with Crippen molar-refractivity contribution in [3.63, 3.8) is 0 Å². The Bertz CT molecular complexity index is 1110. The van der Waals surface area contributed by atoms with E-state index in [2.05, 4.69) is 55.6 Å². The standard InChI is InChI=1S/C60H111NO5/c1-3-5-7-9-11-13-15-17-19-20-21-22-23-25-28-32-36-40-44-48-52-58(63)57(56-62)61-59(64)53-49-45-41-37-33-29-26-24-27-31-35-39-43-47-51-55-66-60(65)54-50-46-42-38-34-30-18-16-14-12-10-8-6-4-2/h10,12,16,18,27,31,48,52,57-58,62-63H,3-9,11,13-15,17,19-26,28-30,32-47,49-51,53-56H2,1-2H3,(H,61,64)/b12-10-,18-16-,31-27-,52-48+. The first-order chi connectivity index (χ1) is 32.5. The highest BCUT2D eigenvalue weighted by Crippen LogP contribution is 2.16. The summed E-state index contributed by atoms with van der Waals surface area (Å²) in [5, 5.41) is 23.2. The van der Waals surface area contributed by atoms with Crippen molar-refractivity contribution in [2.24, 2.45) is 0 Å². The second-order valence-electron chi connectivity index (χ2n) is 19.6. The first kappa shape index (κ1) is 63.8. The minimum Gasteiger partial charge on any atom is -0.466 e. The molecule has 0 rings (SSSR count). The van der Waals surface area contributed by atoms with Crippen molar-refractivity contribution >= 4 is 11.9 Å². The van der Waals surface area contributed by atoms with Crippen LogP contribution >= 0.6 is 0 Å². The van der Waals surface area contributed by atoms with Crippen molar-refractivity contribution in [2.75, 3.05) is 13.2 Å². The van der Waals surface area contributed by atoms with Crippen LogP contribution < -0.4 is 5.32 Å². The number of hydrogen-bond donors (Lipinski definition) is 3. The zero-order valence-electron chi connectivity index (χ0n) is 43.9. The molecule has 0 saturated carbocycles. The molecule has 1 amide bonds. The Morgan fingerprint density at radius 1 is 0.424 bits per heavy atom. The number of amides is 1. The fourth-order valence-electron chi connectivity index (χ4n) is 8.59. The third kappa shape index (κ3) is 51.2. The van der Waals surface area contributed by atoms with Crippen LogP contribution in [0.2, 0.25) is 0 Å². The number of allylic oxidation sites excluding steroid dienone is 7. The lowest BCUT2D eigenvalue weighted by atomic mass is 10.0. The highest BCUT2D eigenvalue weighted by Gasteiger charge is 2.18. The van der Waals surface area contributed by atoms with Gasteiger partial charge in [-0.1, -0.05) is 249 Å². The first-order valence-corrected chi connectivity index (χ1v) is 28.9. The highest BCUT2D eigenvalue weighted by atomic mass is 16.5.